The highest BCUT2D eigenvalue weighted by Gasteiger charge is 2.36. The molecule has 0 aromatic heterocycles. The number of sulfone groups is 1. The minimum Gasteiger partial charge on any atom is -0.379 e. The van der Waals surface area contributed by atoms with Crippen LogP contribution in [0, 0.1) is 6.92 Å². The van der Waals surface area contributed by atoms with Crippen molar-refractivity contribution in [2.24, 2.45) is 0 Å². The molecule has 9 nitrogen and oxygen atoms in total. The van der Waals surface area contributed by atoms with Crippen LogP contribution in [0.3, 0.4) is 0 Å². The molecule has 0 radical (unpaired) electrons. The number of aliphatic hydroxyl groups is 1. The van der Waals surface area contributed by atoms with Gasteiger partial charge in [0.15, 0.2) is 15.4 Å². The smallest absolute Gasteiger partial charge is 0.323 e. The van der Waals surface area contributed by atoms with Crippen molar-refractivity contribution in [3.63, 3.8) is 0 Å². The van der Waals surface area contributed by atoms with E-state index in [1.54, 1.807) is 18.2 Å². The molecule has 0 aliphatic heterocycles. The number of amides is 3. The van der Waals surface area contributed by atoms with Crippen LogP contribution in [0.15, 0.2) is 53.4 Å². The van der Waals surface area contributed by atoms with Crippen LogP contribution >= 0.6 is 0 Å². The van der Waals surface area contributed by atoms with Crippen molar-refractivity contribution in [3.8, 4) is 0 Å². The molecule has 0 bridgehead atoms. The molecule has 3 amide bonds. The summed E-state index contributed by atoms with van der Waals surface area (Å²) in [6.45, 7) is 2.87. The van der Waals surface area contributed by atoms with Crippen LogP contribution in [-0.4, -0.2) is 42.0 Å². The summed E-state index contributed by atoms with van der Waals surface area (Å²) in [4.78, 5) is 23.2. The monoisotopic (exact) mass is 407 g/mol. The summed E-state index contributed by atoms with van der Waals surface area (Å²) in [6.07, 6.45) is 0. The lowest BCUT2D eigenvalue weighted by molar-refractivity contribution is -0.144. The highest BCUT2D eigenvalue weighted by Crippen LogP contribution is 2.20. The molecule has 0 spiro atoms. The van der Waals surface area contributed by atoms with Crippen molar-refractivity contribution < 1.29 is 28.3 Å². The number of rotatable bonds is 6. The Bertz CT molecular complexity index is 971. The molecule has 2 aromatic carbocycles. The minimum atomic E-state index is -4.02. The lowest BCUT2D eigenvalue weighted by Crippen LogP contribution is -2.48. The number of carbonyl (C=O) groups is 2. The van der Waals surface area contributed by atoms with Crippen LogP contribution in [0.25, 0.3) is 0 Å². The molecule has 150 valence electrons. The number of anilines is 2. The molecule has 5 N–H and O–H groups in total. The van der Waals surface area contributed by atoms with Crippen molar-refractivity contribution in [2.75, 3.05) is 16.4 Å². The number of nitrogens with one attached hydrogen (secondary N) is 3. The maximum atomic E-state index is 12.4. The maximum absolute atomic E-state index is 12.4. The predicted octanol–water partition coefficient (Wildman–Crippen LogP) is 1.67. The highest BCUT2D eigenvalue weighted by atomic mass is 32.2. The van der Waals surface area contributed by atoms with Crippen molar-refractivity contribution in [1.82, 2.24) is 5.48 Å². The van der Waals surface area contributed by atoms with Gasteiger partial charge in [-0.25, -0.2) is 18.7 Å². The summed E-state index contributed by atoms with van der Waals surface area (Å²) in [5, 5.41) is 23.7. The van der Waals surface area contributed by atoms with Crippen LogP contribution in [0.2, 0.25) is 0 Å². The molecule has 0 saturated carbocycles. The van der Waals surface area contributed by atoms with E-state index >= 15 is 0 Å². The Labute approximate surface area is 162 Å². The van der Waals surface area contributed by atoms with E-state index in [2.05, 4.69) is 10.6 Å². The third-order valence-corrected chi connectivity index (χ3v) is 5.74. The Morgan fingerprint density at radius 2 is 1.64 bits per heavy atom. The molecule has 0 saturated heterocycles. The number of urea groups is 1. The van der Waals surface area contributed by atoms with Gasteiger partial charge in [-0.3, -0.25) is 10.0 Å². The van der Waals surface area contributed by atoms with Crippen molar-refractivity contribution in [3.05, 3.63) is 54.1 Å². The molecule has 1 unspecified atom stereocenters. The van der Waals surface area contributed by atoms with Gasteiger partial charge in [0.05, 0.1) is 10.6 Å². The third kappa shape index (κ3) is 5.52. The molecule has 0 fully saturated rings. The van der Waals surface area contributed by atoms with Gasteiger partial charge in [0, 0.05) is 11.4 Å². The average Bonchev–Trinajstić information content (AvgIpc) is 2.60. The molecule has 0 aliphatic carbocycles. The molecule has 1 atom stereocenters. The standard InChI is InChI=1S/C18H21N3O6S/c1-12-4-3-5-14(10-12)20-17(23)19-13-6-8-15(9-7-13)28(26,27)11-18(2,24)16(22)21-25/h3-10,24-25H,11H2,1-2H3,(H,21,22)(H2,19,20,23). The van der Waals surface area contributed by atoms with Gasteiger partial charge in [0.2, 0.25) is 0 Å². The number of carbonyl (C=O) groups excluding carboxylic acids is 2. The Hall–Kier alpha value is -2.95. The maximum Gasteiger partial charge on any atom is 0.323 e. The summed E-state index contributed by atoms with van der Waals surface area (Å²) >= 11 is 0. The van der Waals surface area contributed by atoms with Gasteiger partial charge in [-0.1, -0.05) is 12.1 Å². The van der Waals surface area contributed by atoms with Gasteiger partial charge in [0.1, 0.15) is 0 Å². The SMILES string of the molecule is Cc1cccc(NC(=O)Nc2ccc(S(=O)(=O)CC(C)(O)C(=O)NO)cc2)c1. The second-order valence-electron chi connectivity index (χ2n) is 6.45. The molecule has 0 heterocycles. The van der Waals surface area contributed by atoms with E-state index in [0.29, 0.717) is 11.4 Å². The van der Waals surface area contributed by atoms with E-state index < -0.39 is 33.1 Å². The van der Waals surface area contributed by atoms with E-state index in [4.69, 9.17) is 5.21 Å². The Kier molecular flexibility index (Phi) is 6.39. The second-order valence-corrected chi connectivity index (χ2v) is 8.44. The Morgan fingerprint density at radius 3 is 2.21 bits per heavy atom. The zero-order valence-electron chi connectivity index (χ0n) is 15.3. The number of hydrogen-bond donors (Lipinski definition) is 5. The summed E-state index contributed by atoms with van der Waals surface area (Å²) in [6, 6.07) is 12.0. The first-order chi connectivity index (χ1) is 13.0. The molecular weight excluding hydrogens is 386 g/mol. The fourth-order valence-corrected chi connectivity index (χ4v) is 3.99. The van der Waals surface area contributed by atoms with E-state index in [-0.39, 0.29) is 4.90 Å². The summed E-state index contributed by atoms with van der Waals surface area (Å²) in [7, 11) is -4.02. The van der Waals surface area contributed by atoms with Crippen LogP contribution in [0.4, 0.5) is 16.2 Å². The molecule has 10 heteroatoms. The van der Waals surface area contributed by atoms with Gasteiger partial charge in [-0.05, 0) is 55.8 Å². The highest BCUT2D eigenvalue weighted by molar-refractivity contribution is 7.91. The van der Waals surface area contributed by atoms with Crippen molar-refractivity contribution >= 4 is 33.2 Å². The number of hydroxylamine groups is 1. The van der Waals surface area contributed by atoms with E-state index in [9.17, 15) is 23.1 Å². The number of hydrogen-bond acceptors (Lipinski definition) is 6. The van der Waals surface area contributed by atoms with Gasteiger partial charge >= 0.3 is 6.03 Å². The van der Waals surface area contributed by atoms with Gasteiger partial charge in [-0.15, -0.1) is 0 Å². The fraction of sp³-hybridized carbons (Fsp3) is 0.222. The predicted molar refractivity (Wildman–Crippen MR) is 103 cm³/mol. The average molecular weight is 407 g/mol. The zero-order chi connectivity index (χ0) is 20.9. The summed E-state index contributed by atoms with van der Waals surface area (Å²) in [5.74, 6) is -2.16. The second kappa shape index (κ2) is 8.38. The lowest BCUT2D eigenvalue weighted by atomic mass is 10.1. The van der Waals surface area contributed by atoms with Gasteiger partial charge < -0.3 is 15.7 Å². The van der Waals surface area contributed by atoms with Crippen LogP contribution < -0.4 is 16.1 Å². The molecule has 0 aliphatic rings. The fourth-order valence-electron chi connectivity index (χ4n) is 2.40. The van der Waals surface area contributed by atoms with Crippen LogP contribution in [0.5, 0.6) is 0 Å². The topological polar surface area (TPSA) is 145 Å². The Morgan fingerprint density at radius 1 is 1.04 bits per heavy atom. The molecule has 28 heavy (non-hydrogen) atoms. The zero-order valence-corrected chi connectivity index (χ0v) is 16.1. The summed E-state index contributed by atoms with van der Waals surface area (Å²) in [5.41, 5.74) is 0.866. The third-order valence-electron chi connectivity index (χ3n) is 3.81. The van der Waals surface area contributed by atoms with E-state index in [1.165, 1.54) is 29.7 Å². The molecule has 2 aromatic rings. The molecule has 2 rings (SSSR count). The number of aryl methyl sites for hydroxylation is 1. The first-order valence-corrected chi connectivity index (χ1v) is 9.83. The van der Waals surface area contributed by atoms with E-state index in [0.717, 1.165) is 12.5 Å². The largest absolute Gasteiger partial charge is 0.379 e. The quantitative estimate of drug-likeness (QED) is 0.364. The Balaban J connectivity index is 2.06. The van der Waals surface area contributed by atoms with E-state index in [1.807, 2.05) is 13.0 Å². The van der Waals surface area contributed by atoms with Gasteiger partial charge in [-0.2, -0.15) is 0 Å². The first kappa shape index (κ1) is 21.4. The normalized spacial score (nSPS) is 13.3. The van der Waals surface area contributed by atoms with Crippen molar-refractivity contribution in [2.45, 2.75) is 24.3 Å². The van der Waals surface area contributed by atoms with Crippen molar-refractivity contribution in [1.29, 1.82) is 0 Å². The first-order valence-electron chi connectivity index (χ1n) is 8.18. The lowest BCUT2D eigenvalue weighted by Gasteiger charge is -2.20. The number of benzene rings is 2. The summed E-state index contributed by atoms with van der Waals surface area (Å²) < 4.78 is 24.7. The minimum absolute atomic E-state index is 0.150. The van der Waals surface area contributed by atoms with Crippen LogP contribution in [0.1, 0.15) is 12.5 Å². The van der Waals surface area contributed by atoms with Crippen LogP contribution in [-0.2, 0) is 14.6 Å². The molecular formula is C18H21N3O6S. The van der Waals surface area contributed by atoms with Gasteiger partial charge in [0.25, 0.3) is 5.91 Å².